The molecule has 0 aromatic heterocycles. The zero-order valence-electron chi connectivity index (χ0n) is 18.4. The van der Waals surface area contributed by atoms with E-state index in [1.807, 2.05) is 39.0 Å². The van der Waals surface area contributed by atoms with Crippen LogP contribution < -0.4 is 15.5 Å². The molecule has 29 heavy (non-hydrogen) atoms. The Morgan fingerprint density at radius 3 is 2.59 bits per heavy atom. The van der Waals surface area contributed by atoms with Gasteiger partial charge in [-0.25, -0.2) is 4.79 Å². The van der Waals surface area contributed by atoms with Crippen molar-refractivity contribution < 1.29 is 9.53 Å². The molecular weight excluding hydrogens is 481 g/mol. The fraction of sp³-hybridized carbons (Fsp3) is 0.619. The van der Waals surface area contributed by atoms with E-state index in [4.69, 9.17) is 4.74 Å². The van der Waals surface area contributed by atoms with Gasteiger partial charge in [0.05, 0.1) is 6.04 Å². The van der Waals surface area contributed by atoms with Crippen LogP contribution in [0.5, 0.6) is 0 Å². The smallest absolute Gasteiger partial charge is 0.407 e. The molecule has 0 spiro atoms. The van der Waals surface area contributed by atoms with Crippen LogP contribution >= 0.6 is 24.0 Å². The Morgan fingerprint density at radius 1 is 1.34 bits per heavy atom. The largest absolute Gasteiger partial charge is 0.444 e. The molecule has 0 radical (unpaired) electrons. The van der Waals surface area contributed by atoms with Crippen molar-refractivity contribution in [2.24, 2.45) is 4.99 Å². The summed E-state index contributed by atoms with van der Waals surface area (Å²) in [5.74, 6) is 0.863. The summed E-state index contributed by atoms with van der Waals surface area (Å²) < 4.78 is 5.35. The topological polar surface area (TPSA) is 69.2 Å². The molecular formula is C21H36IN5O2. The number of nitrogens with zero attached hydrogens (tertiary/aromatic N) is 3. The lowest BCUT2D eigenvalue weighted by atomic mass is 10.2. The van der Waals surface area contributed by atoms with E-state index in [0.717, 1.165) is 32.0 Å². The van der Waals surface area contributed by atoms with E-state index in [-0.39, 0.29) is 36.1 Å². The highest BCUT2D eigenvalue weighted by Gasteiger charge is 2.28. The number of anilines is 1. The van der Waals surface area contributed by atoms with Crippen LogP contribution in [0.25, 0.3) is 0 Å². The minimum Gasteiger partial charge on any atom is -0.444 e. The van der Waals surface area contributed by atoms with Crippen molar-refractivity contribution in [2.45, 2.75) is 51.8 Å². The number of ether oxygens (including phenoxy) is 1. The Bertz CT molecular complexity index is 663. The molecule has 2 N–H and O–H groups in total. The van der Waals surface area contributed by atoms with Crippen molar-refractivity contribution in [3.63, 3.8) is 0 Å². The molecule has 1 aliphatic heterocycles. The Morgan fingerprint density at radius 2 is 2.00 bits per heavy atom. The highest BCUT2D eigenvalue weighted by Crippen LogP contribution is 2.14. The van der Waals surface area contributed by atoms with Gasteiger partial charge >= 0.3 is 6.09 Å². The third-order valence-electron chi connectivity index (χ3n) is 4.80. The number of halogens is 1. The summed E-state index contributed by atoms with van der Waals surface area (Å²) >= 11 is 0. The number of para-hydroxylation sites is 1. The van der Waals surface area contributed by atoms with Gasteiger partial charge in [-0.15, -0.1) is 24.0 Å². The second kappa shape index (κ2) is 11.5. The number of nitrogens with one attached hydrogen (secondary N) is 2. The van der Waals surface area contributed by atoms with Gasteiger partial charge in [-0.1, -0.05) is 18.2 Å². The van der Waals surface area contributed by atoms with Gasteiger partial charge in [-0.2, -0.15) is 0 Å². The van der Waals surface area contributed by atoms with Gasteiger partial charge in [0.2, 0.25) is 0 Å². The van der Waals surface area contributed by atoms with Gasteiger partial charge in [-0.05, 0) is 46.2 Å². The number of guanidine groups is 1. The van der Waals surface area contributed by atoms with E-state index >= 15 is 0 Å². The zero-order chi connectivity index (χ0) is 20.7. The Balaban J connectivity index is 0.00000420. The molecule has 7 nitrogen and oxygen atoms in total. The lowest BCUT2D eigenvalue weighted by Crippen LogP contribution is -2.47. The maximum absolute atomic E-state index is 12.0. The molecule has 1 amide bonds. The first kappa shape index (κ1) is 25.3. The number of likely N-dealkylation sites (N-methyl/N-ethyl adjacent to an activating group) is 1. The molecule has 0 aliphatic carbocycles. The third kappa shape index (κ3) is 8.28. The second-order valence-electron chi connectivity index (χ2n) is 8.30. The minimum absolute atomic E-state index is 0. The molecule has 164 valence electrons. The van der Waals surface area contributed by atoms with Crippen LogP contribution in [0.4, 0.5) is 10.5 Å². The summed E-state index contributed by atoms with van der Waals surface area (Å²) in [5.41, 5.74) is 0.704. The van der Waals surface area contributed by atoms with Gasteiger partial charge in [0, 0.05) is 45.5 Å². The molecule has 2 atom stereocenters. The highest BCUT2D eigenvalue weighted by atomic mass is 127. The summed E-state index contributed by atoms with van der Waals surface area (Å²) in [4.78, 5) is 20.8. The molecule has 8 heteroatoms. The van der Waals surface area contributed by atoms with E-state index in [1.165, 1.54) is 5.69 Å². The van der Waals surface area contributed by atoms with Crippen LogP contribution in [0, 0.1) is 0 Å². The molecule has 2 unspecified atom stereocenters. The summed E-state index contributed by atoms with van der Waals surface area (Å²) in [7, 11) is 3.89. The van der Waals surface area contributed by atoms with Gasteiger partial charge in [-0.3, -0.25) is 4.99 Å². The zero-order valence-corrected chi connectivity index (χ0v) is 20.8. The average Bonchev–Trinajstić information content (AvgIpc) is 3.08. The number of carbonyl (C=O) groups is 1. The normalized spacial score (nSPS) is 17.9. The van der Waals surface area contributed by atoms with Crippen LogP contribution in [-0.4, -0.2) is 68.4 Å². The van der Waals surface area contributed by atoms with Crippen molar-refractivity contribution in [3.05, 3.63) is 30.3 Å². The van der Waals surface area contributed by atoms with E-state index in [0.29, 0.717) is 6.04 Å². The number of hydrogen-bond donors (Lipinski definition) is 2. The fourth-order valence-electron chi connectivity index (χ4n) is 3.17. The third-order valence-corrected chi connectivity index (χ3v) is 4.80. The molecule has 1 aliphatic rings. The van der Waals surface area contributed by atoms with Gasteiger partial charge < -0.3 is 25.2 Å². The van der Waals surface area contributed by atoms with Crippen LogP contribution in [-0.2, 0) is 4.74 Å². The predicted octanol–water partition coefficient (Wildman–Crippen LogP) is 3.30. The molecule has 1 fully saturated rings. The molecule has 0 saturated carbocycles. The van der Waals surface area contributed by atoms with Crippen LogP contribution in [0.15, 0.2) is 35.3 Å². The van der Waals surface area contributed by atoms with Crippen molar-refractivity contribution in [1.29, 1.82) is 0 Å². The number of amides is 1. The van der Waals surface area contributed by atoms with Gasteiger partial charge in [0.25, 0.3) is 0 Å². The predicted molar refractivity (Wildman–Crippen MR) is 130 cm³/mol. The standard InChI is InChI=1S/C21H35N5O2.HI/c1-16(25(6)18-10-8-7-9-11-18)14-23-19(22-5)26-13-12-17(15-26)24-20(27)28-21(2,3)4;/h7-11,16-17H,12-15H2,1-6H3,(H,22,23)(H,24,27);1H. The number of aliphatic imine (C=N–C) groups is 1. The second-order valence-corrected chi connectivity index (χ2v) is 8.30. The maximum atomic E-state index is 12.0. The molecule has 1 aromatic rings. The lowest BCUT2D eigenvalue weighted by molar-refractivity contribution is 0.0507. The van der Waals surface area contributed by atoms with E-state index < -0.39 is 5.60 Å². The Labute approximate surface area is 192 Å². The first-order chi connectivity index (χ1) is 13.2. The summed E-state index contributed by atoms with van der Waals surface area (Å²) in [5, 5.41) is 6.42. The number of carbonyl (C=O) groups excluding carboxylic acids is 1. The summed E-state index contributed by atoms with van der Waals surface area (Å²) in [6.07, 6.45) is 0.514. The number of alkyl carbamates (subject to hydrolysis) is 1. The van der Waals surface area contributed by atoms with Crippen molar-refractivity contribution in [3.8, 4) is 0 Å². The Hall–Kier alpha value is -1.71. The van der Waals surface area contributed by atoms with Crippen LogP contribution in [0.1, 0.15) is 34.1 Å². The molecule has 1 aromatic carbocycles. The monoisotopic (exact) mass is 517 g/mol. The lowest BCUT2D eigenvalue weighted by Gasteiger charge is -2.29. The summed E-state index contributed by atoms with van der Waals surface area (Å²) in [6.45, 7) is 10.1. The summed E-state index contributed by atoms with van der Waals surface area (Å²) in [6, 6.07) is 10.7. The molecule has 0 bridgehead atoms. The van der Waals surface area contributed by atoms with Crippen molar-refractivity contribution >= 4 is 41.7 Å². The number of hydrogen-bond acceptors (Lipinski definition) is 4. The van der Waals surface area contributed by atoms with Crippen LogP contribution in [0.2, 0.25) is 0 Å². The number of benzene rings is 1. The number of likely N-dealkylation sites (tertiary alicyclic amines) is 1. The molecule has 1 heterocycles. The molecule has 2 rings (SSSR count). The van der Waals surface area contributed by atoms with Crippen LogP contribution in [0.3, 0.4) is 0 Å². The van der Waals surface area contributed by atoms with E-state index in [9.17, 15) is 4.79 Å². The number of rotatable bonds is 5. The maximum Gasteiger partial charge on any atom is 0.407 e. The SMILES string of the molecule is CN=C(NCC(C)N(C)c1ccccc1)N1CCC(NC(=O)OC(C)(C)C)C1.I. The fourth-order valence-corrected chi connectivity index (χ4v) is 3.17. The Kier molecular flexibility index (Phi) is 10.0. The molecule has 1 saturated heterocycles. The van der Waals surface area contributed by atoms with Gasteiger partial charge in [0.1, 0.15) is 5.60 Å². The van der Waals surface area contributed by atoms with Crippen molar-refractivity contribution in [1.82, 2.24) is 15.5 Å². The van der Waals surface area contributed by atoms with E-state index in [2.05, 4.69) is 51.5 Å². The average molecular weight is 517 g/mol. The minimum atomic E-state index is -0.485. The first-order valence-electron chi connectivity index (χ1n) is 9.92. The quantitative estimate of drug-likeness (QED) is 0.357. The van der Waals surface area contributed by atoms with E-state index in [1.54, 1.807) is 7.05 Å². The van der Waals surface area contributed by atoms with Gasteiger partial charge in [0.15, 0.2) is 5.96 Å². The van der Waals surface area contributed by atoms with Crippen molar-refractivity contribution in [2.75, 3.05) is 38.6 Å². The highest BCUT2D eigenvalue weighted by molar-refractivity contribution is 14.0. The first-order valence-corrected chi connectivity index (χ1v) is 9.92.